The number of rotatable bonds is 11. The van der Waals surface area contributed by atoms with E-state index in [-0.39, 0.29) is 22.0 Å². The standard InChI is InChI=1S/C27H31NO6S/c1-5-28(6-2)16-9-11-20-10-7-8-12-24(20)35(30,31)19-22-13-14-23(21-15-17-34-18-21)26(32-3)25(22)27(29)33-4/h7-15,17-18H,5-6,16,19H2,1-4H3. The predicted molar refractivity (Wildman–Crippen MR) is 136 cm³/mol. The number of methoxy groups -OCH3 is 2. The van der Waals surface area contributed by atoms with Crippen LogP contribution in [0.3, 0.4) is 0 Å². The molecular weight excluding hydrogens is 466 g/mol. The molecule has 3 rings (SSSR count). The first kappa shape index (κ1) is 26.2. The van der Waals surface area contributed by atoms with Crippen LogP contribution in [0.5, 0.6) is 5.75 Å². The molecule has 0 saturated carbocycles. The quantitative estimate of drug-likeness (QED) is 0.342. The highest BCUT2D eigenvalue weighted by Crippen LogP contribution is 2.37. The first-order chi connectivity index (χ1) is 16.9. The molecule has 2 aromatic carbocycles. The van der Waals surface area contributed by atoms with E-state index < -0.39 is 15.8 Å². The highest BCUT2D eigenvalue weighted by molar-refractivity contribution is 7.90. The van der Waals surface area contributed by atoms with Crippen molar-refractivity contribution in [1.29, 1.82) is 0 Å². The summed E-state index contributed by atoms with van der Waals surface area (Å²) in [5, 5.41) is 0. The summed E-state index contributed by atoms with van der Waals surface area (Å²) in [6, 6.07) is 11.9. The van der Waals surface area contributed by atoms with Crippen molar-refractivity contribution >= 4 is 21.9 Å². The molecule has 35 heavy (non-hydrogen) atoms. The van der Waals surface area contributed by atoms with Gasteiger partial charge in [0.25, 0.3) is 0 Å². The van der Waals surface area contributed by atoms with Gasteiger partial charge in [0.15, 0.2) is 9.84 Å². The van der Waals surface area contributed by atoms with Crippen molar-refractivity contribution in [2.24, 2.45) is 0 Å². The topological polar surface area (TPSA) is 86.0 Å². The molecule has 186 valence electrons. The van der Waals surface area contributed by atoms with Crippen molar-refractivity contribution in [2.75, 3.05) is 33.9 Å². The van der Waals surface area contributed by atoms with Crippen LogP contribution >= 0.6 is 0 Å². The third-order valence-electron chi connectivity index (χ3n) is 5.82. The normalized spacial score (nSPS) is 11.8. The summed E-state index contributed by atoms with van der Waals surface area (Å²) in [6.45, 7) is 6.71. The second kappa shape index (κ2) is 11.9. The fraction of sp³-hybridized carbons (Fsp3) is 0.296. The minimum absolute atomic E-state index is 0.0758. The summed E-state index contributed by atoms with van der Waals surface area (Å²) in [7, 11) is -1.13. The van der Waals surface area contributed by atoms with Gasteiger partial charge in [-0.05, 0) is 36.3 Å². The SMILES string of the molecule is CCN(CC)CC=Cc1ccccc1S(=O)(=O)Cc1ccc(-c2ccoc2)c(OC)c1C(=O)OC. The van der Waals surface area contributed by atoms with Gasteiger partial charge in [0, 0.05) is 17.7 Å². The van der Waals surface area contributed by atoms with E-state index in [4.69, 9.17) is 13.9 Å². The summed E-state index contributed by atoms with van der Waals surface area (Å²) in [6.07, 6.45) is 6.82. The molecule has 0 fully saturated rings. The van der Waals surface area contributed by atoms with Gasteiger partial charge >= 0.3 is 5.97 Å². The fourth-order valence-electron chi connectivity index (χ4n) is 3.92. The number of likely N-dealkylation sites (N-methyl/N-ethyl adjacent to an activating group) is 1. The zero-order valence-corrected chi connectivity index (χ0v) is 21.3. The van der Waals surface area contributed by atoms with Gasteiger partial charge in [-0.15, -0.1) is 0 Å². The van der Waals surface area contributed by atoms with Gasteiger partial charge in [0.2, 0.25) is 0 Å². The molecule has 7 nitrogen and oxygen atoms in total. The molecule has 0 aliphatic heterocycles. The number of nitrogens with zero attached hydrogens (tertiary/aromatic N) is 1. The van der Waals surface area contributed by atoms with Gasteiger partial charge < -0.3 is 18.8 Å². The average Bonchev–Trinajstić information content (AvgIpc) is 3.40. The minimum atomic E-state index is -3.81. The first-order valence-electron chi connectivity index (χ1n) is 11.4. The van der Waals surface area contributed by atoms with Crippen molar-refractivity contribution in [3.63, 3.8) is 0 Å². The Morgan fingerprint density at radius 3 is 2.43 bits per heavy atom. The maximum atomic E-state index is 13.6. The van der Waals surface area contributed by atoms with Crippen LogP contribution in [0.15, 0.2) is 70.4 Å². The summed E-state index contributed by atoms with van der Waals surface area (Å²) in [4.78, 5) is 15.2. The van der Waals surface area contributed by atoms with Crippen LogP contribution in [0.25, 0.3) is 17.2 Å². The Bertz CT molecular complexity index is 1280. The van der Waals surface area contributed by atoms with Crippen molar-refractivity contribution in [3.8, 4) is 16.9 Å². The summed E-state index contributed by atoms with van der Waals surface area (Å²) < 4.78 is 42.8. The number of esters is 1. The van der Waals surface area contributed by atoms with Crippen molar-refractivity contribution in [3.05, 3.63) is 77.8 Å². The number of benzene rings is 2. The second-order valence-corrected chi connectivity index (χ2v) is 9.83. The van der Waals surface area contributed by atoms with E-state index in [2.05, 4.69) is 18.7 Å². The van der Waals surface area contributed by atoms with Gasteiger partial charge in [0.05, 0.1) is 37.4 Å². The van der Waals surface area contributed by atoms with E-state index >= 15 is 0 Å². The number of carbonyl (C=O) groups excluding carboxylic acids is 1. The molecule has 0 radical (unpaired) electrons. The van der Waals surface area contributed by atoms with Gasteiger partial charge in [0.1, 0.15) is 11.3 Å². The molecule has 0 N–H and O–H groups in total. The largest absolute Gasteiger partial charge is 0.495 e. The average molecular weight is 498 g/mol. The number of hydrogen-bond donors (Lipinski definition) is 0. The van der Waals surface area contributed by atoms with Gasteiger partial charge in [-0.1, -0.05) is 56.3 Å². The molecule has 0 aliphatic carbocycles. The predicted octanol–water partition coefficient (Wildman–Crippen LogP) is 5.07. The minimum Gasteiger partial charge on any atom is -0.495 e. The van der Waals surface area contributed by atoms with E-state index in [1.165, 1.54) is 26.7 Å². The van der Waals surface area contributed by atoms with Crippen LogP contribution in [0.1, 0.15) is 35.3 Å². The molecule has 3 aromatic rings. The Labute approximate surface area is 206 Å². The molecular formula is C27H31NO6S. The van der Waals surface area contributed by atoms with Crippen LogP contribution in [0.4, 0.5) is 0 Å². The zero-order chi connectivity index (χ0) is 25.4. The lowest BCUT2D eigenvalue weighted by atomic mass is 9.99. The zero-order valence-electron chi connectivity index (χ0n) is 20.5. The summed E-state index contributed by atoms with van der Waals surface area (Å²) in [5.41, 5.74) is 2.27. The number of furan rings is 1. The summed E-state index contributed by atoms with van der Waals surface area (Å²) >= 11 is 0. The van der Waals surface area contributed by atoms with Crippen LogP contribution in [0.2, 0.25) is 0 Å². The number of sulfone groups is 1. The smallest absolute Gasteiger partial charge is 0.341 e. The Hall–Kier alpha value is -3.36. The van der Waals surface area contributed by atoms with E-state index in [0.29, 0.717) is 22.3 Å². The number of carbonyl (C=O) groups is 1. The Kier molecular flexibility index (Phi) is 8.89. The van der Waals surface area contributed by atoms with E-state index in [1.54, 1.807) is 42.5 Å². The maximum absolute atomic E-state index is 13.6. The van der Waals surface area contributed by atoms with Crippen LogP contribution in [-0.4, -0.2) is 53.1 Å². The second-order valence-electron chi connectivity index (χ2n) is 7.87. The highest BCUT2D eigenvalue weighted by Gasteiger charge is 2.27. The highest BCUT2D eigenvalue weighted by atomic mass is 32.2. The first-order valence-corrected chi connectivity index (χ1v) is 13.0. The lowest BCUT2D eigenvalue weighted by Crippen LogP contribution is -2.22. The monoisotopic (exact) mass is 497 g/mol. The van der Waals surface area contributed by atoms with E-state index in [1.807, 2.05) is 12.2 Å². The molecule has 1 heterocycles. The van der Waals surface area contributed by atoms with Crippen LogP contribution in [-0.2, 0) is 20.3 Å². The molecule has 0 saturated heterocycles. The molecule has 0 aliphatic rings. The third kappa shape index (κ3) is 6.01. The molecule has 0 amide bonds. The Morgan fingerprint density at radius 1 is 1.06 bits per heavy atom. The molecule has 0 atom stereocenters. The molecule has 8 heteroatoms. The lowest BCUT2D eigenvalue weighted by molar-refractivity contribution is 0.0596. The Morgan fingerprint density at radius 2 is 1.80 bits per heavy atom. The van der Waals surface area contributed by atoms with E-state index in [9.17, 15) is 13.2 Å². The van der Waals surface area contributed by atoms with Crippen LogP contribution < -0.4 is 4.74 Å². The molecule has 0 bridgehead atoms. The fourth-order valence-corrected chi connectivity index (χ4v) is 5.51. The maximum Gasteiger partial charge on any atom is 0.341 e. The van der Waals surface area contributed by atoms with Crippen molar-refractivity contribution < 1.29 is 27.1 Å². The molecule has 1 aromatic heterocycles. The molecule has 0 unspecified atom stereocenters. The van der Waals surface area contributed by atoms with Crippen molar-refractivity contribution in [1.82, 2.24) is 4.90 Å². The molecule has 0 spiro atoms. The van der Waals surface area contributed by atoms with Gasteiger partial charge in [-0.2, -0.15) is 0 Å². The number of hydrogen-bond acceptors (Lipinski definition) is 7. The number of ether oxygens (including phenoxy) is 2. The van der Waals surface area contributed by atoms with E-state index in [0.717, 1.165) is 19.6 Å². The van der Waals surface area contributed by atoms with Gasteiger partial charge in [-0.25, -0.2) is 13.2 Å². The lowest BCUT2D eigenvalue weighted by Gasteiger charge is -2.17. The summed E-state index contributed by atoms with van der Waals surface area (Å²) in [5.74, 6) is -0.830. The third-order valence-corrected chi connectivity index (χ3v) is 7.56. The van der Waals surface area contributed by atoms with Crippen LogP contribution in [0, 0.1) is 0 Å². The Balaban J connectivity index is 2.03. The van der Waals surface area contributed by atoms with Gasteiger partial charge in [-0.3, -0.25) is 0 Å². The van der Waals surface area contributed by atoms with Crippen molar-refractivity contribution in [2.45, 2.75) is 24.5 Å².